The zero-order valence-corrected chi connectivity index (χ0v) is 13.7. The summed E-state index contributed by atoms with van der Waals surface area (Å²) in [4.78, 5) is 25.7. The van der Waals surface area contributed by atoms with Crippen LogP contribution in [0.1, 0.15) is 22.8 Å². The van der Waals surface area contributed by atoms with E-state index in [0.29, 0.717) is 0 Å². The van der Waals surface area contributed by atoms with Crippen molar-refractivity contribution in [3.05, 3.63) is 35.4 Å². The lowest BCUT2D eigenvalue weighted by Gasteiger charge is -2.39. The molecule has 6 nitrogen and oxygen atoms in total. The minimum Gasteiger partial charge on any atom is -0.478 e. The largest absolute Gasteiger partial charge is 0.478 e. The Balaban J connectivity index is 1.83. The number of hydrogen-bond donors (Lipinski definition) is 2. The molecular formula is C16H20F3N3O3. The number of nitrogens with one attached hydrogen (secondary N) is 1. The minimum absolute atomic E-state index is 0.157. The van der Waals surface area contributed by atoms with Crippen LogP contribution in [0.4, 0.5) is 18.0 Å². The van der Waals surface area contributed by atoms with Crippen molar-refractivity contribution in [2.45, 2.75) is 25.7 Å². The molecule has 0 saturated carbocycles. The predicted molar refractivity (Wildman–Crippen MR) is 84.3 cm³/mol. The molecule has 1 aliphatic heterocycles. The average Bonchev–Trinajstić information content (AvgIpc) is 2.53. The molecule has 0 aromatic heterocycles. The van der Waals surface area contributed by atoms with E-state index in [9.17, 15) is 22.8 Å². The summed E-state index contributed by atoms with van der Waals surface area (Å²) in [6, 6.07) is 5.38. The first-order valence-corrected chi connectivity index (χ1v) is 7.81. The second-order valence-corrected chi connectivity index (χ2v) is 6.04. The molecule has 1 atom stereocenters. The van der Waals surface area contributed by atoms with E-state index in [1.165, 1.54) is 21.9 Å². The van der Waals surface area contributed by atoms with E-state index >= 15 is 0 Å². The van der Waals surface area contributed by atoms with Crippen LogP contribution >= 0.6 is 0 Å². The van der Waals surface area contributed by atoms with E-state index < -0.39 is 18.7 Å². The number of hydrogen-bond acceptors (Lipinski definition) is 3. The van der Waals surface area contributed by atoms with E-state index in [0.717, 1.165) is 5.56 Å². The van der Waals surface area contributed by atoms with Gasteiger partial charge in [-0.15, -0.1) is 0 Å². The molecule has 0 aliphatic carbocycles. The molecule has 1 aliphatic rings. The quantitative estimate of drug-likeness (QED) is 0.864. The molecule has 1 saturated heterocycles. The smallest absolute Gasteiger partial charge is 0.401 e. The molecule has 1 aromatic carbocycles. The highest BCUT2D eigenvalue weighted by Crippen LogP contribution is 2.20. The lowest BCUT2D eigenvalue weighted by molar-refractivity contribution is -0.153. The van der Waals surface area contributed by atoms with Crippen molar-refractivity contribution in [2.75, 3.05) is 26.2 Å². The van der Waals surface area contributed by atoms with Crippen LogP contribution in [0.25, 0.3) is 0 Å². The fourth-order valence-electron chi connectivity index (χ4n) is 2.70. The summed E-state index contributed by atoms with van der Waals surface area (Å²) in [6.07, 6.45) is -4.25. The first-order chi connectivity index (χ1) is 11.7. The van der Waals surface area contributed by atoms with Crippen molar-refractivity contribution in [2.24, 2.45) is 0 Å². The Morgan fingerprint density at radius 2 is 1.88 bits per heavy atom. The number of carbonyl (C=O) groups excluding carboxylic acids is 1. The third-order valence-corrected chi connectivity index (χ3v) is 4.08. The van der Waals surface area contributed by atoms with Crippen LogP contribution in [0.2, 0.25) is 0 Å². The molecule has 2 rings (SSSR count). The zero-order valence-electron chi connectivity index (χ0n) is 13.7. The molecular weight excluding hydrogens is 339 g/mol. The van der Waals surface area contributed by atoms with Gasteiger partial charge in [-0.3, -0.25) is 4.90 Å². The second-order valence-electron chi connectivity index (χ2n) is 6.04. The highest BCUT2D eigenvalue weighted by atomic mass is 19.4. The number of benzene rings is 1. The molecule has 1 fully saturated rings. The summed E-state index contributed by atoms with van der Waals surface area (Å²) in [7, 11) is 0. The third-order valence-electron chi connectivity index (χ3n) is 4.08. The van der Waals surface area contributed by atoms with Crippen molar-refractivity contribution in [3.63, 3.8) is 0 Å². The number of halogens is 3. The maximum atomic E-state index is 12.5. The van der Waals surface area contributed by atoms with Crippen LogP contribution in [0.3, 0.4) is 0 Å². The van der Waals surface area contributed by atoms with Crippen LogP contribution in [0.5, 0.6) is 0 Å². The van der Waals surface area contributed by atoms with Gasteiger partial charge >= 0.3 is 18.2 Å². The number of urea groups is 1. The van der Waals surface area contributed by atoms with Crippen LogP contribution in [-0.2, 0) is 6.54 Å². The Morgan fingerprint density at radius 1 is 1.24 bits per heavy atom. The van der Waals surface area contributed by atoms with Crippen LogP contribution < -0.4 is 5.32 Å². The number of carbonyl (C=O) groups is 2. The lowest BCUT2D eigenvalue weighted by Crippen LogP contribution is -2.57. The molecule has 138 valence electrons. The van der Waals surface area contributed by atoms with E-state index in [2.05, 4.69) is 5.32 Å². The van der Waals surface area contributed by atoms with Gasteiger partial charge < -0.3 is 15.3 Å². The van der Waals surface area contributed by atoms with Crippen molar-refractivity contribution in [1.29, 1.82) is 0 Å². The molecule has 0 bridgehead atoms. The van der Waals surface area contributed by atoms with E-state index in [1.807, 2.05) is 0 Å². The second kappa shape index (κ2) is 7.73. The van der Waals surface area contributed by atoms with E-state index in [4.69, 9.17) is 5.11 Å². The zero-order chi connectivity index (χ0) is 18.6. The third kappa shape index (κ3) is 5.63. The van der Waals surface area contributed by atoms with Crippen LogP contribution in [-0.4, -0.2) is 65.3 Å². The van der Waals surface area contributed by atoms with E-state index in [1.54, 1.807) is 19.1 Å². The average molecular weight is 359 g/mol. The summed E-state index contributed by atoms with van der Waals surface area (Å²) in [5, 5.41) is 11.5. The van der Waals surface area contributed by atoms with Gasteiger partial charge in [-0.2, -0.15) is 13.2 Å². The molecule has 25 heavy (non-hydrogen) atoms. The highest BCUT2D eigenvalue weighted by Gasteiger charge is 2.35. The topological polar surface area (TPSA) is 72.9 Å². The van der Waals surface area contributed by atoms with Gasteiger partial charge in [-0.1, -0.05) is 12.1 Å². The van der Waals surface area contributed by atoms with Gasteiger partial charge in [0.15, 0.2) is 0 Å². The summed E-state index contributed by atoms with van der Waals surface area (Å²) >= 11 is 0. The standard InChI is InChI=1S/C16H20F3N3O3/c1-11-9-21(6-7-22(11)10-16(17,18)19)15(25)20-8-12-2-4-13(5-3-12)14(23)24/h2-5,11H,6-10H2,1H3,(H,20,25)(H,23,24). The molecule has 2 amide bonds. The van der Waals surface area contributed by atoms with Gasteiger partial charge in [-0.05, 0) is 24.6 Å². The monoisotopic (exact) mass is 359 g/mol. The first kappa shape index (κ1) is 19.0. The fourth-order valence-corrected chi connectivity index (χ4v) is 2.70. The number of carboxylic acids is 1. The van der Waals surface area contributed by atoms with Crippen molar-refractivity contribution in [3.8, 4) is 0 Å². The highest BCUT2D eigenvalue weighted by molar-refractivity contribution is 5.87. The van der Waals surface area contributed by atoms with Gasteiger partial charge in [0, 0.05) is 32.2 Å². The molecule has 0 radical (unpaired) electrons. The predicted octanol–water partition coefficient (Wildman–Crippen LogP) is 2.16. The number of rotatable bonds is 4. The molecule has 1 aromatic rings. The Kier molecular flexibility index (Phi) is 5.89. The number of amides is 2. The van der Waals surface area contributed by atoms with Gasteiger partial charge in [0.2, 0.25) is 0 Å². The maximum absolute atomic E-state index is 12.5. The summed E-state index contributed by atoms with van der Waals surface area (Å²) < 4.78 is 37.5. The van der Waals surface area contributed by atoms with Gasteiger partial charge in [0.05, 0.1) is 12.1 Å². The molecule has 1 heterocycles. The lowest BCUT2D eigenvalue weighted by atomic mass is 10.1. The number of carboxylic acid groups (broad SMARTS) is 1. The Labute approximate surface area is 143 Å². The maximum Gasteiger partial charge on any atom is 0.401 e. The Morgan fingerprint density at radius 3 is 2.40 bits per heavy atom. The van der Waals surface area contributed by atoms with E-state index in [-0.39, 0.29) is 43.8 Å². The summed E-state index contributed by atoms with van der Waals surface area (Å²) in [6.45, 7) is 1.52. The van der Waals surface area contributed by atoms with Crippen LogP contribution in [0.15, 0.2) is 24.3 Å². The molecule has 2 N–H and O–H groups in total. The van der Waals surface area contributed by atoms with Crippen molar-refractivity contribution >= 4 is 12.0 Å². The molecule has 9 heteroatoms. The first-order valence-electron chi connectivity index (χ1n) is 7.81. The normalized spacial score (nSPS) is 18.9. The fraction of sp³-hybridized carbons (Fsp3) is 0.500. The molecule has 0 spiro atoms. The summed E-state index contributed by atoms with van der Waals surface area (Å²) in [5.41, 5.74) is 0.895. The number of aromatic carboxylic acids is 1. The number of alkyl halides is 3. The van der Waals surface area contributed by atoms with Crippen molar-refractivity contribution < 1.29 is 27.9 Å². The minimum atomic E-state index is -4.25. The SMILES string of the molecule is CC1CN(C(=O)NCc2ccc(C(=O)O)cc2)CCN1CC(F)(F)F. The number of piperazine rings is 1. The van der Waals surface area contributed by atoms with Gasteiger partial charge in [-0.25, -0.2) is 9.59 Å². The Bertz CT molecular complexity index is 619. The summed E-state index contributed by atoms with van der Waals surface area (Å²) in [5.74, 6) is -1.03. The Hall–Kier alpha value is -2.29. The van der Waals surface area contributed by atoms with Crippen LogP contribution in [0, 0.1) is 0 Å². The van der Waals surface area contributed by atoms with Crippen molar-refractivity contribution in [1.82, 2.24) is 15.1 Å². The molecule has 1 unspecified atom stereocenters. The van der Waals surface area contributed by atoms with Gasteiger partial charge in [0.1, 0.15) is 0 Å². The van der Waals surface area contributed by atoms with Gasteiger partial charge in [0.25, 0.3) is 0 Å². The number of nitrogens with zero attached hydrogens (tertiary/aromatic N) is 2.